The van der Waals surface area contributed by atoms with Crippen molar-refractivity contribution in [1.29, 1.82) is 0 Å². The van der Waals surface area contributed by atoms with Crippen molar-refractivity contribution >= 4 is 45.5 Å². The fourth-order valence-electron chi connectivity index (χ4n) is 0. The Morgan fingerprint density at radius 1 is 1.60 bits per heavy atom. The molecule has 0 aromatic heterocycles. The molecule has 5 heavy (non-hydrogen) atoms. The van der Waals surface area contributed by atoms with Gasteiger partial charge in [-0.05, 0) is 0 Å². The van der Waals surface area contributed by atoms with Crippen molar-refractivity contribution in [2.24, 2.45) is 0 Å². The number of alkyl halides is 1. The van der Waals surface area contributed by atoms with Gasteiger partial charge in [0.2, 0.25) is 0 Å². The molecular weight excluding hydrogens is 143 g/mol. The van der Waals surface area contributed by atoms with Crippen molar-refractivity contribution in [3.05, 3.63) is 0 Å². The Bertz CT molecular complexity index is 11.6. The Kier molecular flexibility index (Phi) is 17.5. The second-order valence-electron chi connectivity index (χ2n) is 0.413. The van der Waals surface area contributed by atoms with Crippen molar-refractivity contribution < 1.29 is 5.11 Å². The molecule has 0 saturated carbocycles. The van der Waals surface area contributed by atoms with Crippen molar-refractivity contribution in [1.82, 2.24) is 0 Å². The Hall–Kier alpha value is 1.44. The van der Waals surface area contributed by atoms with Gasteiger partial charge in [0, 0.05) is 34.9 Å². The molecule has 0 aliphatic heterocycles. The van der Waals surface area contributed by atoms with Crippen LogP contribution in [0.5, 0.6) is 0 Å². The fourth-order valence-corrected chi connectivity index (χ4v) is 0. The Labute approximate surface area is 62.2 Å². The average molecular weight is 148 g/mol. The molecule has 0 aliphatic rings. The van der Waals surface area contributed by atoms with Gasteiger partial charge in [0.1, 0.15) is 0 Å². The Balaban J connectivity index is 0. The van der Waals surface area contributed by atoms with Crippen LogP contribution in [0.25, 0.3) is 0 Å². The minimum absolute atomic E-state index is 0. The summed E-state index contributed by atoms with van der Waals surface area (Å²) < 4.78 is 0. The number of aliphatic hydroxyl groups excluding tert-OH is 1. The van der Waals surface area contributed by atoms with Crippen LogP contribution in [0.15, 0.2) is 0 Å². The van der Waals surface area contributed by atoms with Gasteiger partial charge >= 0.3 is 0 Å². The van der Waals surface area contributed by atoms with Gasteiger partial charge in [-0.2, -0.15) is 0 Å². The molecule has 27 valence electrons. The van der Waals surface area contributed by atoms with E-state index in [0.29, 0.717) is 5.33 Å². The number of halogens is 1. The van der Waals surface area contributed by atoms with Crippen LogP contribution in [0.3, 0.4) is 0 Å². The van der Waals surface area contributed by atoms with E-state index in [-0.39, 0.29) is 36.2 Å². The SMILES string of the molecule is OCCBr.[Na]. The number of aliphatic hydroxyl groups is 1. The van der Waals surface area contributed by atoms with Crippen LogP contribution in [0.1, 0.15) is 0 Å². The van der Waals surface area contributed by atoms with Gasteiger partial charge in [-0.25, -0.2) is 0 Å². The van der Waals surface area contributed by atoms with Crippen molar-refractivity contribution in [2.75, 3.05) is 11.9 Å². The Morgan fingerprint density at radius 2 is 1.80 bits per heavy atom. The minimum Gasteiger partial charge on any atom is -0.396 e. The van der Waals surface area contributed by atoms with Crippen LogP contribution in [0.4, 0.5) is 0 Å². The summed E-state index contributed by atoms with van der Waals surface area (Å²) in [7, 11) is 0. The molecule has 3 heteroatoms. The molecule has 1 N–H and O–H groups in total. The van der Waals surface area contributed by atoms with Crippen molar-refractivity contribution in [2.45, 2.75) is 0 Å². The van der Waals surface area contributed by atoms with Crippen LogP contribution in [-0.4, -0.2) is 46.6 Å². The molecule has 0 atom stereocenters. The summed E-state index contributed by atoms with van der Waals surface area (Å²) in [5, 5.41) is 8.52. The van der Waals surface area contributed by atoms with E-state index in [9.17, 15) is 0 Å². The molecule has 0 aromatic carbocycles. The van der Waals surface area contributed by atoms with Crippen LogP contribution < -0.4 is 0 Å². The third-order valence-electron chi connectivity index (χ3n) is 0.0845. The summed E-state index contributed by atoms with van der Waals surface area (Å²) in [4.78, 5) is 0. The largest absolute Gasteiger partial charge is 0.396 e. The average Bonchev–Trinajstić information content (AvgIpc) is 1.37. The quantitative estimate of drug-likeness (QED) is 0.409. The number of hydrogen-bond acceptors (Lipinski definition) is 1. The molecule has 0 fully saturated rings. The van der Waals surface area contributed by atoms with Crippen molar-refractivity contribution in [3.63, 3.8) is 0 Å². The summed E-state index contributed by atoms with van der Waals surface area (Å²) in [6, 6.07) is 0. The molecule has 0 bridgehead atoms. The monoisotopic (exact) mass is 147 g/mol. The number of hydrogen-bond donors (Lipinski definition) is 1. The summed E-state index contributed by atoms with van der Waals surface area (Å²) in [6.07, 6.45) is 0. The standard InChI is InChI=1S/C2H5BrO.Na/c3-1-2-4;/h4H,1-2H2;. The molecule has 0 spiro atoms. The molecular formula is C2H5BrNaO. The first kappa shape index (κ1) is 9.67. The summed E-state index contributed by atoms with van der Waals surface area (Å²) in [5.74, 6) is 0. The van der Waals surface area contributed by atoms with Crippen molar-refractivity contribution in [3.8, 4) is 0 Å². The van der Waals surface area contributed by atoms with Crippen LogP contribution in [0, 0.1) is 0 Å². The van der Waals surface area contributed by atoms with E-state index in [1.165, 1.54) is 0 Å². The summed E-state index contributed by atoms with van der Waals surface area (Å²) in [6.45, 7) is 0.236. The second kappa shape index (κ2) is 9.06. The van der Waals surface area contributed by atoms with Gasteiger partial charge in [0.05, 0.1) is 6.61 Å². The molecule has 1 radical (unpaired) electrons. The zero-order chi connectivity index (χ0) is 3.41. The maximum atomic E-state index is 7.83. The van der Waals surface area contributed by atoms with Gasteiger partial charge in [-0.3, -0.25) is 0 Å². The number of rotatable bonds is 1. The third kappa shape index (κ3) is 10.8. The first-order valence-corrected chi connectivity index (χ1v) is 2.20. The minimum atomic E-state index is 0. The molecule has 0 unspecified atom stereocenters. The second-order valence-corrected chi connectivity index (χ2v) is 1.21. The molecule has 0 heterocycles. The van der Waals surface area contributed by atoms with Gasteiger partial charge in [0.25, 0.3) is 0 Å². The van der Waals surface area contributed by atoms with E-state index in [4.69, 9.17) is 5.11 Å². The predicted molar refractivity (Wildman–Crippen MR) is 26.6 cm³/mol. The van der Waals surface area contributed by atoms with Crippen LogP contribution in [0.2, 0.25) is 0 Å². The zero-order valence-electron chi connectivity index (χ0n) is 3.24. The maximum absolute atomic E-state index is 7.83. The van der Waals surface area contributed by atoms with Gasteiger partial charge in [-0.1, -0.05) is 15.9 Å². The Morgan fingerprint density at radius 3 is 1.80 bits per heavy atom. The van der Waals surface area contributed by atoms with Crippen LogP contribution in [-0.2, 0) is 0 Å². The molecule has 0 saturated heterocycles. The first-order chi connectivity index (χ1) is 1.91. The van der Waals surface area contributed by atoms with E-state index >= 15 is 0 Å². The summed E-state index contributed by atoms with van der Waals surface area (Å²) >= 11 is 3.00. The molecule has 0 rings (SSSR count). The van der Waals surface area contributed by atoms with Crippen LogP contribution >= 0.6 is 15.9 Å². The van der Waals surface area contributed by atoms with E-state index in [1.54, 1.807) is 0 Å². The molecule has 0 aliphatic carbocycles. The first-order valence-electron chi connectivity index (χ1n) is 1.08. The normalized spacial score (nSPS) is 6.00. The zero-order valence-corrected chi connectivity index (χ0v) is 6.83. The molecule has 1 nitrogen and oxygen atoms in total. The van der Waals surface area contributed by atoms with E-state index < -0.39 is 0 Å². The third-order valence-corrected chi connectivity index (χ3v) is 0.439. The van der Waals surface area contributed by atoms with E-state index in [1.807, 2.05) is 0 Å². The molecule has 0 amide bonds. The maximum Gasteiger partial charge on any atom is 0.0528 e. The smallest absolute Gasteiger partial charge is 0.0528 e. The topological polar surface area (TPSA) is 20.2 Å². The van der Waals surface area contributed by atoms with Gasteiger partial charge in [0.15, 0.2) is 0 Å². The van der Waals surface area contributed by atoms with Gasteiger partial charge < -0.3 is 5.11 Å². The fraction of sp³-hybridized carbons (Fsp3) is 1.00. The predicted octanol–water partition coefficient (Wildman–Crippen LogP) is -0.00720. The van der Waals surface area contributed by atoms with E-state index in [2.05, 4.69) is 15.9 Å². The van der Waals surface area contributed by atoms with E-state index in [0.717, 1.165) is 0 Å². The summed E-state index contributed by atoms with van der Waals surface area (Å²) in [5.41, 5.74) is 0. The molecule has 0 aromatic rings. The van der Waals surface area contributed by atoms with Gasteiger partial charge in [-0.15, -0.1) is 0 Å².